The molecule has 0 radical (unpaired) electrons. The molecule has 1 aliphatic heterocycles. The maximum Gasteiger partial charge on any atom is 0.224 e. The van der Waals surface area contributed by atoms with Crippen LogP contribution in [-0.2, 0) is 11.2 Å². The van der Waals surface area contributed by atoms with E-state index >= 15 is 0 Å². The van der Waals surface area contributed by atoms with Crippen LogP contribution in [0.3, 0.4) is 0 Å². The van der Waals surface area contributed by atoms with E-state index in [1.807, 2.05) is 16.8 Å². The fraction of sp³-hybridized carbons (Fsp3) is 0.345. The summed E-state index contributed by atoms with van der Waals surface area (Å²) >= 11 is 0. The lowest BCUT2D eigenvalue weighted by Crippen LogP contribution is -2.43. The maximum atomic E-state index is 12.9. The zero-order valence-corrected chi connectivity index (χ0v) is 20.6. The number of aryl methyl sites for hydroxylation is 3. The molecule has 35 heavy (non-hydrogen) atoms. The molecule has 1 amide bonds. The summed E-state index contributed by atoms with van der Waals surface area (Å²) < 4.78 is 1.91. The summed E-state index contributed by atoms with van der Waals surface area (Å²) in [5.74, 6) is 1.03. The SMILES string of the molecule is Cc1ccc(-c2cc3c(N4CCCC(C(=O)NCCCc5ccccc5)C4)nccn3n2)c(C)c1. The molecule has 4 aromatic rings. The molecule has 2 aromatic heterocycles. The third-order valence-corrected chi connectivity index (χ3v) is 6.90. The number of rotatable bonds is 7. The van der Waals surface area contributed by atoms with Crippen molar-refractivity contribution in [2.24, 2.45) is 5.92 Å². The number of aromatic nitrogens is 3. The second-order valence-corrected chi connectivity index (χ2v) is 9.59. The summed E-state index contributed by atoms with van der Waals surface area (Å²) in [4.78, 5) is 19.9. The minimum absolute atomic E-state index is 0.0238. The van der Waals surface area contributed by atoms with Gasteiger partial charge in [-0.25, -0.2) is 9.50 Å². The third-order valence-electron chi connectivity index (χ3n) is 6.90. The fourth-order valence-corrected chi connectivity index (χ4v) is 5.06. The van der Waals surface area contributed by atoms with Crippen LogP contribution in [0.25, 0.3) is 16.8 Å². The first-order valence-corrected chi connectivity index (χ1v) is 12.6. The Morgan fingerprint density at radius 2 is 1.97 bits per heavy atom. The highest BCUT2D eigenvalue weighted by Gasteiger charge is 2.27. The molecule has 1 saturated heterocycles. The number of anilines is 1. The lowest BCUT2D eigenvalue weighted by Gasteiger charge is -2.33. The average Bonchev–Trinajstić information content (AvgIpc) is 3.31. The van der Waals surface area contributed by atoms with Crippen LogP contribution in [0.2, 0.25) is 0 Å². The van der Waals surface area contributed by atoms with Crippen molar-refractivity contribution in [2.75, 3.05) is 24.5 Å². The van der Waals surface area contributed by atoms with E-state index in [-0.39, 0.29) is 11.8 Å². The highest BCUT2D eigenvalue weighted by atomic mass is 16.1. The van der Waals surface area contributed by atoms with Crippen molar-refractivity contribution in [3.05, 3.63) is 83.7 Å². The van der Waals surface area contributed by atoms with Crippen LogP contribution < -0.4 is 10.2 Å². The van der Waals surface area contributed by atoms with Gasteiger partial charge in [0.2, 0.25) is 5.91 Å². The highest BCUT2D eigenvalue weighted by molar-refractivity contribution is 5.81. The Bertz CT molecular complexity index is 1310. The van der Waals surface area contributed by atoms with Gasteiger partial charge < -0.3 is 10.2 Å². The standard InChI is InChI=1S/C29H33N5O/c1-21-12-13-25(22(2)18-21)26-19-27-28(30-15-17-34(27)32-26)33-16-7-11-24(20-33)29(35)31-14-6-10-23-8-4-3-5-9-23/h3-5,8-9,12-13,15,17-19,24H,6-7,10-11,14,16,20H2,1-2H3,(H,31,35). The van der Waals surface area contributed by atoms with Crippen LogP contribution in [0, 0.1) is 19.8 Å². The van der Waals surface area contributed by atoms with Gasteiger partial charge in [0.05, 0.1) is 11.6 Å². The number of piperidine rings is 1. The molecule has 3 heterocycles. The molecule has 180 valence electrons. The lowest BCUT2D eigenvalue weighted by molar-refractivity contribution is -0.125. The van der Waals surface area contributed by atoms with Gasteiger partial charge in [-0.3, -0.25) is 4.79 Å². The Balaban J connectivity index is 1.26. The summed E-state index contributed by atoms with van der Waals surface area (Å²) in [5, 5.41) is 7.99. The van der Waals surface area contributed by atoms with Crippen molar-refractivity contribution < 1.29 is 4.79 Å². The molecule has 1 N–H and O–H groups in total. The van der Waals surface area contributed by atoms with E-state index in [0.717, 1.165) is 54.8 Å². The first-order chi connectivity index (χ1) is 17.1. The van der Waals surface area contributed by atoms with Gasteiger partial charge in [0.1, 0.15) is 5.52 Å². The zero-order chi connectivity index (χ0) is 24.2. The Kier molecular flexibility index (Phi) is 6.80. The number of amides is 1. The molecule has 1 unspecified atom stereocenters. The Morgan fingerprint density at radius 1 is 1.11 bits per heavy atom. The van der Waals surface area contributed by atoms with Crippen LogP contribution >= 0.6 is 0 Å². The summed E-state index contributed by atoms with van der Waals surface area (Å²) in [6, 6.07) is 19.0. The number of hydrogen-bond acceptors (Lipinski definition) is 4. The number of hydrogen-bond donors (Lipinski definition) is 1. The normalized spacial score (nSPS) is 15.9. The van der Waals surface area contributed by atoms with Crippen LogP contribution in [0.15, 0.2) is 67.0 Å². The van der Waals surface area contributed by atoms with E-state index in [1.54, 1.807) is 6.20 Å². The molecular formula is C29H33N5O. The zero-order valence-electron chi connectivity index (χ0n) is 20.6. The molecule has 5 rings (SSSR count). The molecule has 1 fully saturated rings. The number of carbonyl (C=O) groups is 1. The fourth-order valence-electron chi connectivity index (χ4n) is 5.06. The van der Waals surface area contributed by atoms with E-state index in [1.165, 1.54) is 16.7 Å². The van der Waals surface area contributed by atoms with E-state index in [0.29, 0.717) is 13.1 Å². The van der Waals surface area contributed by atoms with E-state index < -0.39 is 0 Å². The number of carbonyl (C=O) groups excluding carboxylic acids is 1. The third kappa shape index (κ3) is 5.21. The van der Waals surface area contributed by atoms with Gasteiger partial charge in [-0.1, -0.05) is 54.1 Å². The summed E-state index contributed by atoms with van der Waals surface area (Å²) in [7, 11) is 0. The second-order valence-electron chi connectivity index (χ2n) is 9.59. The molecule has 0 bridgehead atoms. The smallest absolute Gasteiger partial charge is 0.224 e. The quantitative estimate of drug-likeness (QED) is 0.390. The molecule has 1 aliphatic rings. The molecule has 0 saturated carbocycles. The first kappa shape index (κ1) is 23.1. The Hall–Kier alpha value is -3.67. The van der Waals surface area contributed by atoms with E-state index in [9.17, 15) is 4.79 Å². The highest BCUT2D eigenvalue weighted by Crippen LogP contribution is 2.30. The van der Waals surface area contributed by atoms with Crippen molar-refractivity contribution in [1.82, 2.24) is 19.9 Å². The predicted molar refractivity (Wildman–Crippen MR) is 141 cm³/mol. The van der Waals surface area contributed by atoms with Gasteiger partial charge in [0.25, 0.3) is 0 Å². The summed E-state index contributed by atoms with van der Waals surface area (Å²) in [5.41, 5.74) is 6.83. The second kappa shape index (κ2) is 10.3. The van der Waals surface area contributed by atoms with Gasteiger partial charge >= 0.3 is 0 Å². The predicted octanol–water partition coefficient (Wildman–Crippen LogP) is 4.98. The minimum atomic E-state index is -0.0238. The molecule has 0 aliphatic carbocycles. The first-order valence-electron chi connectivity index (χ1n) is 12.6. The number of nitrogens with one attached hydrogen (secondary N) is 1. The number of benzene rings is 2. The Labute approximate surface area is 207 Å². The minimum Gasteiger partial charge on any atom is -0.356 e. The van der Waals surface area contributed by atoms with Crippen molar-refractivity contribution in [3.63, 3.8) is 0 Å². The largest absolute Gasteiger partial charge is 0.356 e. The summed E-state index contributed by atoms with van der Waals surface area (Å²) in [6.07, 6.45) is 7.51. The van der Waals surface area contributed by atoms with Crippen molar-refractivity contribution >= 4 is 17.2 Å². The van der Waals surface area contributed by atoms with Gasteiger partial charge in [-0.15, -0.1) is 0 Å². The van der Waals surface area contributed by atoms with Crippen LogP contribution in [0.1, 0.15) is 36.0 Å². The van der Waals surface area contributed by atoms with Crippen molar-refractivity contribution in [2.45, 2.75) is 39.5 Å². The van der Waals surface area contributed by atoms with Crippen molar-refractivity contribution in [3.8, 4) is 11.3 Å². The number of fused-ring (bicyclic) bond motifs is 1. The van der Waals surface area contributed by atoms with Crippen molar-refractivity contribution in [1.29, 1.82) is 0 Å². The van der Waals surface area contributed by atoms with Gasteiger partial charge in [0, 0.05) is 37.6 Å². The van der Waals surface area contributed by atoms with E-state index in [4.69, 9.17) is 10.1 Å². The van der Waals surface area contributed by atoms with Gasteiger partial charge in [-0.2, -0.15) is 5.10 Å². The number of nitrogens with zero attached hydrogens (tertiary/aromatic N) is 4. The maximum absolute atomic E-state index is 12.9. The molecule has 6 heteroatoms. The van der Waals surface area contributed by atoms with Crippen LogP contribution in [-0.4, -0.2) is 40.1 Å². The monoisotopic (exact) mass is 467 g/mol. The molecule has 6 nitrogen and oxygen atoms in total. The molecule has 2 aromatic carbocycles. The summed E-state index contributed by atoms with van der Waals surface area (Å²) in [6.45, 7) is 6.52. The molecular weight excluding hydrogens is 434 g/mol. The average molecular weight is 468 g/mol. The lowest BCUT2D eigenvalue weighted by atomic mass is 9.97. The van der Waals surface area contributed by atoms with Crippen LogP contribution in [0.5, 0.6) is 0 Å². The molecule has 1 atom stereocenters. The van der Waals surface area contributed by atoms with E-state index in [2.05, 4.69) is 72.6 Å². The Morgan fingerprint density at radius 3 is 2.80 bits per heavy atom. The van der Waals surface area contributed by atoms with Crippen LogP contribution in [0.4, 0.5) is 5.82 Å². The molecule has 0 spiro atoms. The van der Waals surface area contributed by atoms with Gasteiger partial charge in [-0.05, 0) is 56.7 Å². The van der Waals surface area contributed by atoms with Gasteiger partial charge in [0.15, 0.2) is 5.82 Å². The topological polar surface area (TPSA) is 62.5 Å².